The van der Waals surface area contributed by atoms with Crippen molar-refractivity contribution in [2.45, 2.75) is 18.2 Å². The van der Waals surface area contributed by atoms with Gasteiger partial charge in [-0.15, -0.1) is 0 Å². The third-order valence-electron chi connectivity index (χ3n) is 5.19. The van der Waals surface area contributed by atoms with Gasteiger partial charge in [0.15, 0.2) is 0 Å². The van der Waals surface area contributed by atoms with Gasteiger partial charge in [-0.25, -0.2) is 8.42 Å². The first kappa shape index (κ1) is 25.6. The molecular weight excluding hydrogens is 476 g/mol. The van der Waals surface area contributed by atoms with Crippen LogP contribution in [0.2, 0.25) is 5.02 Å². The van der Waals surface area contributed by atoms with E-state index in [0.717, 1.165) is 15.4 Å². The minimum atomic E-state index is -4.04. The second kappa shape index (κ2) is 11.4. The Morgan fingerprint density at radius 3 is 2.29 bits per heavy atom. The van der Waals surface area contributed by atoms with E-state index in [0.29, 0.717) is 22.9 Å². The monoisotopic (exact) mass is 502 g/mol. The van der Waals surface area contributed by atoms with Gasteiger partial charge in [-0.05, 0) is 54.8 Å². The number of rotatable bonds is 10. The zero-order valence-corrected chi connectivity index (χ0v) is 20.8. The van der Waals surface area contributed by atoms with Crippen molar-refractivity contribution in [2.75, 3.05) is 32.6 Å². The van der Waals surface area contributed by atoms with Gasteiger partial charge in [-0.1, -0.05) is 48.0 Å². The summed E-state index contributed by atoms with van der Waals surface area (Å²) in [6, 6.07) is 19.2. The van der Waals surface area contributed by atoms with Crippen LogP contribution < -0.4 is 14.8 Å². The van der Waals surface area contributed by atoms with Crippen LogP contribution in [0, 0.1) is 6.92 Å². The number of benzene rings is 3. The summed E-state index contributed by atoms with van der Waals surface area (Å²) < 4.78 is 38.9. The van der Waals surface area contributed by atoms with Crippen molar-refractivity contribution in [2.24, 2.45) is 0 Å². The Kier molecular flexibility index (Phi) is 8.55. The predicted molar refractivity (Wildman–Crippen MR) is 133 cm³/mol. The van der Waals surface area contributed by atoms with E-state index in [1.165, 1.54) is 14.2 Å². The summed E-state index contributed by atoms with van der Waals surface area (Å²) in [5, 5.41) is 3.04. The van der Waals surface area contributed by atoms with Crippen molar-refractivity contribution in [1.29, 1.82) is 0 Å². The molecule has 0 heterocycles. The van der Waals surface area contributed by atoms with Crippen LogP contribution in [0.1, 0.15) is 11.1 Å². The lowest BCUT2D eigenvalue weighted by atomic mass is 10.1. The first-order valence-electron chi connectivity index (χ1n) is 10.6. The fourth-order valence-corrected chi connectivity index (χ4v) is 5.31. The number of methoxy groups -OCH3 is 2. The summed E-state index contributed by atoms with van der Waals surface area (Å²) in [6.45, 7) is 1.53. The molecule has 180 valence electrons. The lowest BCUT2D eigenvalue weighted by Gasteiger charge is -2.23. The number of amides is 1. The number of carbonyl (C=O) groups is 1. The molecule has 0 spiro atoms. The number of halogens is 1. The smallest absolute Gasteiger partial charge is 0.247 e. The fourth-order valence-electron chi connectivity index (χ4n) is 3.41. The van der Waals surface area contributed by atoms with Crippen LogP contribution >= 0.6 is 11.6 Å². The van der Waals surface area contributed by atoms with E-state index in [4.69, 9.17) is 21.1 Å². The fraction of sp³-hybridized carbons (Fsp3) is 0.240. The van der Waals surface area contributed by atoms with Crippen LogP contribution in [-0.2, 0) is 21.2 Å². The van der Waals surface area contributed by atoms with Gasteiger partial charge in [0.25, 0.3) is 0 Å². The molecule has 1 N–H and O–H groups in total. The molecule has 0 aliphatic heterocycles. The van der Waals surface area contributed by atoms with E-state index >= 15 is 0 Å². The molecule has 0 atom stereocenters. The van der Waals surface area contributed by atoms with E-state index in [1.54, 1.807) is 43.3 Å². The summed E-state index contributed by atoms with van der Waals surface area (Å²) in [5.41, 5.74) is 2.16. The minimum absolute atomic E-state index is 0.0170. The van der Waals surface area contributed by atoms with Crippen LogP contribution in [0.15, 0.2) is 71.6 Å². The number of hydrogen-bond donors (Lipinski definition) is 1. The molecule has 0 aromatic heterocycles. The van der Waals surface area contributed by atoms with Crippen molar-refractivity contribution in [3.63, 3.8) is 0 Å². The SMILES string of the molecule is COc1ccc(NC(=O)CN(CCc2ccccc2)S(=O)(=O)c2cc(C)ccc2OC)cc1Cl. The maximum atomic E-state index is 13.6. The van der Waals surface area contributed by atoms with Crippen LogP contribution in [0.4, 0.5) is 5.69 Å². The van der Waals surface area contributed by atoms with Crippen LogP contribution in [0.3, 0.4) is 0 Å². The molecule has 0 radical (unpaired) electrons. The Morgan fingerprint density at radius 2 is 1.65 bits per heavy atom. The summed E-state index contributed by atoms with van der Waals surface area (Å²) in [5.74, 6) is 0.195. The van der Waals surface area contributed by atoms with Crippen molar-refractivity contribution in [3.8, 4) is 11.5 Å². The molecule has 0 saturated carbocycles. The number of nitrogens with one attached hydrogen (secondary N) is 1. The number of nitrogens with zero attached hydrogens (tertiary/aromatic N) is 1. The van der Waals surface area contributed by atoms with Crippen molar-refractivity contribution in [1.82, 2.24) is 4.31 Å². The zero-order chi connectivity index (χ0) is 24.7. The first-order chi connectivity index (χ1) is 16.2. The largest absolute Gasteiger partial charge is 0.495 e. The molecule has 3 rings (SSSR count). The first-order valence-corrected chi connectivity index (χ1v) is 12.4. The molecule has 0 saturated heterocycles. The van der Waals surface area contributed by atoms with E-state index in [-0.39, 0.29) is 23.7 Å². The van der Waals surface area contributed by atoms with Crippen LogP contribution in [0.25, 0.3) is 0 Å². The highest BCUT2D eigenvalue weighted by atomic mass is 35.5. The van der Waals surface area contributed by atoms with Gasteiger partial charge in [0.1, 0.15) is 16.4 Å². The molecule has 0 aliphatic rings. The maximum Gasteiger partial charge on any atom is 0.247 e. The molecular formula is C25H27ClN2O5S. The zero-order valence-electron chi connectivity index (χ0n) is 19.2. The number of sulfonamides is 1. The average Bonchev–Trinajstić information content (AvgIpc) is 2.82. The Hall–Kier alpha value is -3.07. The van der Waals surface area contributed by atoms with Crippen molar-refractivity contribution in [3.05, 3.63) is 82.9 Å². The highest BCUT2D eigenvalue weighted by Crippen LogP contribution is 2.29. The molecule has 0 unspecified atom stereocenters. The van der Waals surface area contributed by atoms with Gasteiger partial charge < -0.3 is 14.8 Å². The lowest BCUT2D eigenvalue weighted by molar-refractivity contribution is -0.116. The van der Waals surface area contributed by atoms with Crippen molar-refractivity contribution < 1.29 is 22.7 Å². The van der Waals surface area contributed by atoms with Gasteiger partial charge in [0, 0.05) is 12.2 Å². The van der Waals surface area contributed by atoms with Gasteiger partial charge >= 0.3 is 0 Å². The summed E-state index contributed by atoms with van der Waals surface area (Å²) in [6.07, 6.45) is 0.440. The molecule has 34 heavy (non-hydrogen) atoms. The Morgan fingerprint density at radius 1 is 0.971 bits per heavy atom. The highest BCUT2D eigenvalue weighted by molar-refractivity contribution is 7.89. The molecule has 7 nitrogen and oxygen atoms in total. The molecule has 3 aromatic rings. The Balaban J connectivity index is 1.88. The molecule has 9 heteroatoms. The quantitative estimate of drug-likeness (QED) is 0.440. The van der Waals surface area contributed by atoms with Crippen LogP contribution in [0.5, 0.6) is 11.5 Å². The Bertz CT molecular complexity index is 1250. The van der Waals surface area contributed by atoms with Crippen LogP contribution in [-0.4, -0.2) is 45.9 Å². The minimum Gasteiger partial charge on any atom is -0.495 e. The summed E-state index contributed by atoms with van der Waals surface area (Å²) >= 11 is 6.14. The average molecular weight is 503 g/mol. The van der Waals surface area contributed by atoms with Gasteiger partial charge in [0.2, 0.25) is 15.9 Å². The molecule has 0 fully saturated rings. The third kappa shape index (κ3) is 6.28. The normalized spacial score (nSPS) is 11.3. The summed E-state index contributed by atoms with van der Waals surface area (Å²) in [4.78, 5) is 12.9. The topological polar surface area (TPSA) is 84.9 Å². The number of aryl methyl sites for hydroxylation is 1. The second-order valence-corrected chi connectivity index (χ2v) is 9.94. The molecule has 1 amide bonds. The summed E-state index contributed by atoms with van der Waals surface area (Å²) in [7, 11) is -1.13. The third-order valence-corrected chi connectivity index (χ3v) is 7.35. The number of anilines is 1. The number of ether oxygens (including phenoxy) is 2. The van der Waals surface area contributed by atoms with E-state index < -0.39 is 15.9 Å². The Labute approximate surface area is 205 Å². The second-order valence-electron chi connectivity index (χ2n) is 7.63. The standard InChI is InChI=1S/C25H27ClN2O5S/c1-18-9-11-23(33-3)24(15-18)34(30,31)28(14-13-19-7-5-4-6-8-19)17-25(29)27-20-10-12-22(32-2)21(26)16-20/h4-12,15-16H,13-14,17H2,1-3H3,(H,27,29). The van der Waals surface area contributed by atoms with E-state index in [9.17, 15) is 13.2 Å². The van der Waals surface area contributed by atoms with Gasteiger partial charge in [-0.2, -0.15) is 4.31 Å². The number of hydrogen-bond acceptors (Lipinski definition) is 5. The van der Waals surface area contributed by atoms with E-state index in [1.807, 2.05) is 30.3 Å². The predicted octanol–water partition coefficient (Wildman–Crippen LogP) is 4.54. The molecule has 0 aliphatic carbocycles. The molecule has 0 bridgehead atoms. The number of carbonyl (C=O) groups excluding carboxylic acids is 1. The highest BCUT2D eigenvalue weighted by Gasteiger charge is 2.29. The lowest BCUT2D eigenvalue weighted by Crippen LogP contribution is -2.39. The van der Waals surface area contributed by atoms with Crippen molar-refractivity contribution >= 4 is 33.2 Å². The molecule has 3 aromatic carbocycles. The maximum absolute atomic E-state index is 13.6. The van der Waals surface area contributed by atoms with E-state index in [2.05, 4.69) is 5.32 Å². The van der Waals surface area contributed by atoms with Gasteiger partial charge in [-0.3, -0.25) is 4.79 Å². The van der Waals surface area contributed by atoms with Gasteiger partial charge in [0.05, 0.1) is 25.8 Å².